The Kier molecular flexibility index (Phi) is 6.04. The van der Waals surface area contributed by atoms with Gasteiger partial charge < -0.3 is 21.3 Å². The largest absolute Gasteiger partial charge is 0.397 e. The molecule has 3 heterocycles. The van der Waals surface area contributed by atoms with Crippen molar-refractivity contribution in [1.82, 2.24) is 14.8 Å². The van der Waals surface area contributed by atoms with Crippen molar-refractivity contribution in [2.45, 2.75) is 26.7 Å². The van der Waals surface area contributed by atoms with Crippen molar-refractivity contribution in [3.8, 4) is 17.2 Å². The summed E-state index contributed by atoms with van der Waals surface area (Å²) < 4.78 is 0. The van der Waals surface area contributed by atoms with Gasteiger partial charge in [-0.25, -0.2) is 4.98 Å². The quantitative estimate of drug-likeness (QED) is 0.626. The number of carbonyl (C=O) groups excluding carboxylic acids is 1. The average Bonchev–Trinajstić information content (AvgIpc) is 3.13. The van der Waals surface area contributed by atoms with Crippen molar-refractivity contribution in [1.29, 1.82) is 5.26 Å². The number of thiophene rings is 1. The lowest BCUT2D eigenvalue weighted by Gasteiger charge is -2.33. The van der Waals surface area contributed by atoms with Crippen molar-refractivity contribution in [2.75, 3.05) is 44.2 Å². The Morgan fingerprint density at radius 2 is 1.84 bits per heavy atom. The third kappa shape index (κ3) is 3.78. The highest BCUT2D eigenvalue weighted by Gasteiger charge is 2.28. The lowest BCUT2D eigenvalue weighted by molar-refractivity contribution is 0.0649. The van der Waals surface area contributed by atoms with Gasteiger partial charge in [-0.15, -0.1) is 11.3 Å². The topological polar surface area (TPSA) is 112 Å². The summed E-state index contributed by atoms with van der Waals surface area (Å²) in [5.41, 5.74) is 16.1. The molecule has 3 aromatic rings. The molecule has 0 spiro atoms. The minimum Gasteiger partial charge on any atom is -0.397 e. The summed E-state index contributed by atoms with van der Waals surface area (Å²) in [6, 6.07) is 10.2. The van der Waals surface area contributed by atoms with Gasteiger partial charge in [0.15, 0.2) is 0 Å². The van der Waals surface area contributed by atoms with E-state index in [1.54, 1.807) is 0 Å². The number of benzene rings is 1. The molecular formula is C24H28N6OS. The fraction of sp³-hybridized carbons (Fsp3) is 0.375. The van der Waals surface area contributed by atoms with Crippen LogP contribution >= 0.6 is 11.3 Å². The molecule has 0 unspecified atom stereocenters. The van der Waals surface area contributed by atoms with Crippen LogP contribution < -0.4 is 11.5 Å². The second kappa shape index (κ2) is 8.77. The summed E-state index contributed by atoms with van der Waals surface area (Å²) in [7, 11) is 0. The number of carbonyl (C=O) groups is 1. The molecule has 0 aliphatic carbocycles. The number of amides is 1. The van der Waals surface area contributed by atoms with Crippen LogP contribution in [0.25, 0.3) is 21.3 Å². The summed E-state index contributed by atoms with van der Waals surface area (Å²) in [4.78, 5) is 22.9. The summed E-state index contributed by atoms with van der Waals surface area (Å²) in [5, 5.41) is 10.5. The molecule has 8 heteroatoms. The first kappa shape index (κ1) is 22.1. The molecular weight excluding hydrogens is 420 g/mol. The minimum absolute atomic E-state index is 0.0839. The Morgan fingerprint density at radius 1 is 1.19 bits per heavy atom. The molecule has 0 radical (unpaired) electrons. The van der Waals surface area contributed by atoms with Crippen LogP contribution in [-0.4, -0.2) is 53.4 Å². The number of nitrogen functional groups attached to an aromatic ring is 2. The molecule has 1 aliphatic rings. The summed E-state index contributed by atoms with van der Waals surface area (Å²) >= 11 is 1.25. The number of pyridine rings is 1. The molecule has 0 atom stereocenters. The lowest BCUT2D eigenvalue weighted by atomic mass is 9.94. The van der Waals surface area contributed by atoms with E-state index in [2.05, 4.69) is 36.7 Å². The van der Waals surface area contributed by atoms with Crippen LogP contribution in [0.2, 0.25) is 0 Å². The molecule has 0 bridgehead atoms. The molecule has 0 saturated carbocycles. The Balaban J connectivity index is 1.83. The zero-order chi connectivity index (χ0) is 23.0. The van der Waals surface area contributed by atoms with Gasteiger partial charge in [0.1, 0.15) is 27.2 Å². The highest BCUT2D eigenvalue weighted by molar-refractivity contribution is 7.21. The van der Waals surface area contributed by atoms with Crippen molar-refractivity contribution in [3.63, 3.8) is 0 Å². The van der Waals surface area contributed by atoms with Crippen LogP contribution in [0.15, 0.2) is 24.3 Å². The highest BCUT2D eigenvalue weighted by atomic mass is 32.1. The first-order valence-electron chi connectivity index (χ1n) is 10.9. The zero-order valence-electron chi connectivity index (χ0n) is 18.7. The first-order valence-corrected chi connectivity index (χ1v) is 11.7. The molecule has 1 aliphatic heterocycles. The molecule has 1 saturated heterocycles. The smallest absolute Gasteiger partial charge is 0.266 e. The van der Waals surface area contributed by atoms with Crippen LogP contribution in [0.1, 0.15) is 47.5 Å². The van der Waals surface area contributed by atoms with Gasteiger partial charge in [-0.2, -0.15) is 5.26 Å². The molecule has 4 rings (SSSR count). The Bertz CT molecular complexity index is 1200. The van der Waals surface area contributed by atoms with Crippen LogP contribution in [0.4, 0.5) is 11.5 Å². The Labute approximate surface area is 192 Å². The third-order valence-corrected chi connectivity index (χ3v) is 7.27. The number of anilines is 2. The maximum absolute atomic E-state index is 13.3. The number of nitriles is 1. The molecule has 166 valence electrons. The van der Waals surface area contributed by atoms with E-state index in [1.807, 2.05) is 29.2 Å². The van der Waals surface area contributed by atoms with E-state index in [0.29, 0.717) is 45.4 Å². The minimum atomic E-state index is -0.0839. The van der Waals surface area contributed by atoms with E-state index in [-0.39, 0.29) is 17.3 Å². The zero-order valence-corrected chi connectivity index (χ0v) is 19.5. The van der Waals surface area contributed by atoms with E-state index >= 15 is 0 Å². The summed E-state index contributed by atoms with van der Waals surface area (Å²) in [6.07, 6.45) is 0. The molecule has 1 amide bonds. The van der Waals surface area contributed by atoms with Crippen molar-refractivity contribution >= 4 is 39.0 Å². The predicted molar refractivity (Wildman–Crippen MR) is 131 cm³/mol. The number of nitrogens with two attached hydrogens (primary N) is 2. The van der Waals surface area contributed by atoms with E-state index in [9.17, 15) is 10.1 Å². The predicted octanol–water partition coefficient (Wildman–Crippen LogP) is 3.90. The van der Waals surface area contributed by atoms with Gasteiger partial charge in [0.05, 0.1) is 5.69 Å². The molecule has 7 nitrogen and oxygen atoms in total. The normalized spacial score (nSPS) is 14.8. The van der Waals surface area contributed by atoms with Gasteiger partial charge in [0.25, 0.3) is 5.91 Å². The van der Waals surface area contributed by atoms with Gasteiger partial charge in [-0.1, -0.05) is 45.0 Å². The standard InChI is InChI=1S/C24H28N6OS/c1-4-29-9-11-30(12-10-29)24(31)21-20(26)19-18(16-7-5-15(6-8-16)14(2)3)17(13-25)22(27)28-23(19)32-21/h5-8,14H,4,9-12,26H2,1-3H3,(H2,27,28). The third-order valence-electron chi connectivity index (χ3n) is 6.18. The molecule has 2 aromatic heterocycles. The first-order chi connectivity index (χ1) is 15.3. The molecule has 32 heavy (non-hydrogen) atoms. The number of piperazine rings is 1. The Hall–Kier alpha value is -3.15. The maximum Gasteiger partial charge on any atom is 0.266 e. The number of hydrogen-bond donors (Lipinski definition) is 2. The number of rotatable bonds is 4. The van der Waals surface area contributed by atoms with Gasteiger partial charge in [-0.3, -0.25) is 4.79 Å². The second-order valence-electron chi connectivity index (χ2n) is 8.39. The van der Waals surface area contributed by atoms with E-state index in [0.717, 1.165) is 25.2 Å². The van der Waals surface area contributed by atoms with Crippen LogP contribution in [0, 0.1) is 11.3 Å². The van der Waals surface area contributed by atoms with E-state index in [4.69, 9.17) is 11.5 Å². The van der Waals surface area contributed by atoms with E-state index in [1.165, 1.54) is 16.9 Å². The number of aromatic nitrogens is 1. The van der Waals surface area contributed by atoms with Crippen LogP contribution in [0.5, 0.6) is 0 Å². The van der Waals surface area contributed by atoms with Crippen molar-refractivity contribution < 1.29 is 4.79 Å². The van der Waals surface area contributed by atoms with Crippen molar-refractivity contribution in [2.24, 2.45) is 0 Å². The van der Waals surface area contributed by atoms with Gasteiger partial charge in [0, 0.05) is 37.1 Å². The molecule has 1 fully saturated rings. The lowest BCUT2D eigenvalue weighted by Crippen LogP contribution is -2.48. The van der Waals surface area contributed by atoms with Gasteiger partial charge in [0.2, 0.25) is 0 Å². The Morgan fingerprint density at radius 3 is 2.41 bits per heavy atom. The maximum atomic E-state index is 13.3. The molecule has 1 aromatic carbocycles. The molecule has 4 N–H and O–H groups in total. The SMILES string of the molecule is CCN1CCN(C(=O)c2sc3nc(N)c(C#N)c(-c4ccc(C(C)C)cc4)c3c2N)CC1. The summed E-state index contributed by atoms with van der Waals surface area (Å²) in [6.45, 7) is 10.4. The number of fused-ring (bicyclic) bond motifs is 1. The van der Waals surface area contributed by atoms with Crippen LogP contribution in [0.3, 0.4) is 0 Å². The summed E-state index contributed by atoms with van der Waals surface area (Å²) in [5.74, 6) is 0.463. The number of hydrogen-bond acceptors (Lipinski definition) is 7. The number of nitrogens with zero attached hydrogens (tertiary/aromatic N) is 4. The number of likely N-dealkylation sites (N-methyl/N-ethyl adjacent to an activating group) is 1. The van der Waals surface area contributed by atoms with E-state index < -0.39 is 0 Å². The van der Waals surface area contributed by atoms with Gasteiger partial charge in [-0.05, 0) is 23.6 Å². The average molecular weight is 449 g/mol. The fourth-order valence-electron chi connectivity index (χ4n) is 4.18. The highest BCUT2D eigenvalue weighted by Crippen LogP contribution is 2.43. The van der Waals surface area contributed by atoms with Crippen LogP contribution in [-0.2, 0) is 0 Å². The monoisotopic (exact) mass is 448 g/mol. The second-order valence-corrected chi connectivity index (χ2v) is 9.39. The fourth-order valence-corrected chi connectivity index (χ4v) is 5.26. The van der Waals surface area contributed by atoms with Gasteiger partial charge >= 0.3 is 0 Å². The van der Waals surface area contributed by atoms with Crippen molar-refractivity contribution in [3.05, 3.63) is 40.3 Å².